The highest BCUT2D eigenvalue weighted by Crippen LogP contribution is 2.25. The van der Waals surface area contributed by atoms with Gasteiger partial charge < -0.3 is 15.4 Å². The maximum Gasteiger partial charge on any atom is 0.325 e. The zero-order valence-corrected chi connectivity index (χ0v) is 19.1. The molecule has 2 N–H and O–H groups in total. The normalized spacial score (nSPS) is 17.6. The molecule has 2 aromatic carbocycles. The van der Waals surface area contributed by atoms with Crippen LogP contribution in [0.1, 0.15) is 18.2 Å². The summed E-state index contributed by atoms with van der Waals surface area (Å²) in [7, 11) is 0. The Morgan fingerprint density at radius 1 is 1.12 bits per heavy atom. The van der Waals surface area contributed by atoms with E-state index in [1.165, 1.54) is 4.90 Å². The standard InChI is InChI=1S/C25H22ClN5O3/c1-2-31-24(32)21(14-16-6-8-17(26)9-7-16)23(30-25(31)33)29-18-10-12-20(13-11-18)34-22-5-3-4-19(15-27)28-22/h3-13,21,23,29H,2,14H2,1H3,(H,30,33). The Hall–Kier alpha value is -4.09. The fourth-order valence-electron chi connectivity index (χ4n) is 3.72. The van der Waals surface area contributed by atoms with Crippen LogP contribution in [0.4, 0.5) is 10.5 Å². The number of halogens is 1. The number of hydrogen-bond acceptors (Lipinski definition) is 6. The van der Waals surface area contributed by atoms with Gasteiger partial charge in [0.1, 0.15) is 23.7 Å². The number of carbonyl (C=O) groups excluding carboxylic acids is 2. The molecule has 8 nitrogen and oxygen atoms in total. The van der Waals surface area contributed by atoms with Crippen molar-refractivity contribution in [1.82, 2.24) is 15.2 Å². The fourth-order valence-corrected chi connectivity index (χ4v) is 3.85. The van der Waals surface area contributed by atoms with E-state index in [1.54, 1.807) is 61.5 Å². The molecule has 0 spiro atoms. The molecule has 34 heavy (non-hydrogen) atoms. The van der Waals surface area contributed by atoms with Crippen molar-refractivity contribution in [1.29, 1.82) is 5.26 Å². The van der Waals surface area contributed by atoms with Gasteiger partial charge in [-0.05, 0) is 61.4 Å². The van der Waals surface area contributed by atoms with E-state index in [-0.39, 0.29) is 11.6 Å². The van der Waals surface area contributed by atoms with Crippen molar-refractivity contribution in [2.75, 3.05) is 11.9 Å². The van der Waals surface area contributed by atoms with Gasteiger partial charge in [-0.3, -0.25) is 9.69 Å². The maximum absolute atomic E-state index is 13.1. The van der Waals surface area contributed by atoms with E-state index in [0.717, 1.165) is 5.56 Å². The fraction of sp³-hybridized carbons (Fsp3) is 0.200. The van der Waals surface area contributed by atoms with E-state index in [0.29, 0.717) is 35.3 Å². The second kappa shape index (κ2) is 10.2. The van der Waals surface area contributed by atoms with Crippen molar-refractivity contribution in [2.45, 2.75) is 19.5 Å². The number of nitrogens with one attached hydrogen (secondary N) is 2. The molecular formula is C25H22ClN5O3. The second-order valence-corrected chi connectivity index (χ2v) is 8.13. The lowest BCUT2D eigenvalue weighted by Gasteiger charge is -2.38. The molecule has 1 saturated heterocycles. The van der Waals surface area contributed by atoms with Gasteiger partial charge in [-0.1, -0.05) is 29.8 Å². The molecule has 0 saturated carbocycles. The molecule has 2 unspecified atom stereocenters. The molecule has 4 rings (SSSR count). The summed E-state index contributed by atoms with van der Waals surface area (Å²) in [6.45, 7) is 2.06. The van der Waals surface area contributed by atoms with Gasteiger partial charge >= 0.3 is 6.03 Å². The molecule has 1 aromatic heterocycles. The first-order valence-electron chi connectivity index (χ1n) is 10.7. The zero-order valence-electron chi connectivity index (χ0n) is 18.4. The molecule has 1 aliphatic rings. The number of imide groups is 1. The number of pyridine rings is 1. The van der Waals surface area contributed by atoms with Crippen LogP contribution in [-0.2, 0) is 11.2 Å². The average Bonchev–Trinajstić information content (AvgIpc) is 2.84. The van der Waals surface area contributed by atoms with E-state index in [1.807, 2.05) is 18.2 Å². The Bertz CT molecular complexity index is 1220. The molecule has 172 valence electrons. The van der Waals surface area contributed by atoms with Gasteiger partial charge in [0.25, 0.3) is 0 Å². The lowest BCUT2D eigenvalue weighted by molar-refractivity contribution is -0.134. The topological polar surface area (TPSA) is 107 Å². The largest absolute Gasteiger partial charge is 0.439 e. The van der Waals surface area contributed by atoms with Gasteiger partial charge in [-0.2, -0.15) is 5.26 Å². The summed E-state index contributed by atoms with van der Waals surface area (Å²) in [6, 6.07) is 20.9. The van der Waals surface area contributed by atoms with Crippen LogP contribution < -0.4 is 15.4 Å². The minimum absolute atomic E-state index is 0.234. The van der Waals surface area contributed by atoms with Crippen molar-refractivity contribution < 1.29 is 14.3 Å². The average molecular weight is 476 g/mol. The molecule has 0 bridgehead atoms. The summed E-state index contributed by atoms with van der Waals surface area (Å²) in [6.07, 6.45) is -0.161. The summed E-state index contributed by atoms with van der Waals surface area (Å²) >= 11 is 5.99. The Morgan fingerprint density at radius 3 is 2.53 bits per heavy atom. The quantitative estimate of drug-likeness (QED) is 0.518. The van der Waals surface area contributed by atoms with E-state index in [2.05, 4.69) is 15.6 Å². The van der Waals surface area contributed by atoms with Gasteiger partial charge in [0.05, 0.1) is 5.92 Å². The van der Waals surface area contributed by atoms with Crippen LogP contribution in [0.2, 0.25) is 5.02 Å². The van der Waals surface area contributed by atoms with Crippen LogP contribution in [0.3, 0.4) is 0 Å². The molecule has 1 aliphatic heterocycles. The third-order valence-electron chi connectivity index (χ3n) is 5.43. The van der Waals surface area contributed by atoms with Crippen molar-refractivity contribution in [3.05, 3.63) is 83.0 Å². The van der Waals surface area contributed by atoms with E-state index < -0.39 is 18.1 Å². The van der Waals surface area contributed by atoms with Crippen LogP contribution in [0.25, 0.3) is 0 Å². The van der Waals surface area contributed by atoms with E-state index >= 15 is 0 Å². The Kier molecular flexibility index (Phi) is 6.95. The van der Waals surface area contributed by atoms with E-state index in [9.17, 15) is 9.59 Å². The van der Waals surface area contributed by atoms with Crippen LogP contribution in [0.5, 0.6) is 11.6 Å². The van der Waals surface area contributed by atoms with Crippen LogP contribution in [0.15, 0.2) is 66.7 Å². The number of urea groups is 1. The van der Waals surface area contributed by atoms with Crippen molar-refractivity contribution in [3.8, 4) is 17.7 Å². The number of anilines is 1. The first-order chi connectivity index (χ1) is 16.5. The third-order valence-corrected chi connectivity index (χ3v) is 5.68. The predicted molar refractivity (Wildman–Crippen MR) is 127 cm³/mol. The monoisotopic (exact) mass is 475 g/mol. The van der Waals surface area contributed by atoms with Crippen molar-refractivity contribution >= 4 is 29.2 Å². The third kappa shape index (κ3) is 5.27. The van der Waals surface area contributed by atoms with Crippen molar-refractivity contribution in [2.24, 2.45) is 5.92 Å². The maximum atomic E-state index is 13.1. The Balaban J connectivity index is 1.50. The first kappa shape index (κ1) is 23.1. The molecule has 3 aromatic rings. The molecule has 9 heteroatoms. The molecular weight excluding hydrogens is 454 g/mol. The van der Waals surface area contributed by atoms with Gasteiger partial charge in [-0.25, -0.2) is 9.78 Å². The van der Waals surface area contributed by atoms with Crippen LogP contribution >= 0.6 is 11.6 Å². The minimum Gasteiger partial charge on any atom is -0.439 e. The predicted octanol–water partition coefficient (Wildman–Crippen LogP) is 4.57. The van der Waals surface area contributed by atoms with Gasteiger partial charge in [0, 0.05) is 23.3 Å². The molecule has 0 radical (unpaired) electrons. The number of carbonyl (C=O) groups is 2. The highest BCUT2D eigenvalue weighted by atomic mass is 35.5. The Labute approximate surface area is 202 Å². The summed E-state index contributed by atoms with van der Waals surface area (Å²) in [5.74, 6) is 0.106. The highest BCUT2D eigenvalue weighted by Gasteiger charge is 2.40. The number of aromatic nitrogens is 1. The van der Waals surface area contributed by atoms with Gasteiger partial charge in [0.2, 0.25) is 11.8 Å². The number of rotatable bonds is 7. The highest BCUT2D eigenvalue weighted by molar-refractivity contribution is 6.30. The number of nitriles is 1. The zero-order chi connectivity index (χ0) is 24.1. The lowest BCUT2D eigenvalue weighted by Crippen LogP contribution is -2.62. The summed E-state index contributed by atoms with van der Waals surface area (Å²) < 4.78 is 5.71. The molecule has 1 fully saturated rings. The second-order valence-electron chi connectivity index (χ2n) is 7.69. The first-order valence-corrected chi connectivity index (χ1v) is 11.1. The van der Waals surface area contributed by atoms with Gasteiger partial charge in [-0.15, -0.1) is 0 Å². The summed E-state index contributed by atoms with van der Waals surface area (Å²) in [5.41, 5.74) is 1.91. The molecule has 2 atom stereocenters. The number of amides is 3. The van der Waals surface area contributed by atoms with Gasteiger partial charge in [0.15, 0.2) is 0 Å². The number of hydrogen-bond donors (Lipinski definition) is 2. The Morgan fingerprint density at radius 2 is 1.85 bits per heavy atom. The number of nitrogens with zero attached hydrogens (tertiary/aromatic N) is 3. The SMILES string of the molecule is CCN1C(=O)NC(Nc2ccc(Oc3cccc(C#N)n3)cc2)C(Cc2ccc(Cl)cc2)C1=O. The number of benzene rings is 2. The van der Waals surface area contributed by atoms with E-state index in [4.69, 9.17) is 21.6 Å². The molecule has 0 aliphatic carbocycles. The van der Waals surface area contributed by atoms with Crippen LogP contribution in [-0.4, -0.2) is 34.5 Å². The lowest BCUT2D eigenvalue weighted by atomic mass is 9.93. The summed E-state index contributed by atoms with van der Waals surface area (Å²) in [5, 5.41) is 15.8. The van der Waals surface area contributed by atoms with Crippen molar-refractivity contribution in [3.63, 3.8) is 0 Å². The smallest absolute Gasteiger partial charge is 0.325 e. The number of ether oxygens (including phenoxy) is 1. The molecule has 2 heterocycles. The summed E-state index contributed by atoms with van der Waals surface area (Å²) in [4.78, 5) is 30.9. The minimum atomic E-state index is -0.598. The molecule has 3 amide bonds. The van der Waals surface area contributed by atoms with Crippen LogP contribution in [0, 0.1) is 17.2 Å².